The third-order valence-corrected chi connectivity index (χ3v) is 7.24. The van der Waals surface area contributed by atoms with Crippen LogP contribution in [-0.4, -0.2) is 47.8 Å². The monoisotopic (exact) mass is 602 g/mol. The number of amides is 4. The van der Waals surface area contributed by atoms with Crippen molar-refractivity contribution in [1.29, 1.82) is 0 Å². The molecule has 1 aliphatic heterocycles. The van der Waals surface area contributed by atoms with Crippen LogP contribution in [0.4, 0.5) is 4.79 Å². The molecule has 0 saturated carbocycles. The Morgan fingerprint density at radius 3 is 2.38 bits per heavy atom. The van der Waals surface area contributed by atoms with Crippen molar-refractivity contribution in [2.45, 2.75) is 25.6 Å². The summed E-state index contributed by atoms with van der Waals surface area (Å²) < 4.78 is 5.32. The van der Waals surface area contributed by atoms with E-state index in [1.165, 1.54) is 6.07 Å². The van der Waals surface area contributed by atoms with Gasteiger partial charge in [0, 0.05) is 23.7 Å². The van der Waals surface area contributed by atoms with E-state index in [0.29, 0.717) is 35.7 Å². The van der Waals surface area contributed by atoms with E-state index >= 15 is 0 Å². The van der Waals surface area contributed by atoms with Gasteiger partial charge in [-0.2, -0.15) is 0 Å². The minimum Gasteiger partial charge on any atom is -0.459 e. The van der Waals surface area contributed by atoms with Crippen LogP contribution in [0.3, 0.4) is 0 Å². The zero-order valence-corrected chi connectivity index (χ0v) is 23.4. The van der Waals surface area contributed by atoms with Gasteiger partial charge in [-0.3, -0.25) is 9.59 Å². The molecule has 208 valence electrons. The van der Waals surface area contributed by atoms with Crippen LogP contribution < -0.4 is 16.4 Å². The molecular weight excluding hydrogens is 579 g/mol. The van der Waals surface area contributed by atoms with Gasteiger partial charge in [0.15, 0.2) is 0 Å². The molecule has 4 rings (SSSR count). The van der Waals surface area contributed by atoms with Gasteiger partial charge < -0.3 is 26.0 Å². The molecule has 0 saturated heterocycles. The second kappa shape index (κ2) is 13.0. The lowest BCUT2D eigenvalue weighted by Gasteiger charge is -2.30. The lowest BCUT2D eigenvalue weighted by Crippen LogP contribution is -2.50. The van der Waals surface area contributed by atoms with E-state index in [2.05, 4.69) is 10.6 Å². The fourth-order valence-corrected chi connectivity index (χ4v) is 5.09. The number of rotatable bonds is 9. The number of hydrogen-bond acceptors (Lipinski definition) is 5. The lowest BCUT2D eigenvalue weighted by molar-refractivity contribution is -0.147. The smallest absolute Gasteiger partial charge is 0.330 e. The van der Waals surface area contributed by atoms with Crippen LogP contribution in [0, 0.1) is 0 Å². The van der Waals surface area contributed by atoms with Crippen molar-refractivity contribution in [3.63, 3.8) is 0 Å². The SMILES string of the molecule is NC(=O)NC[C@H](NC(=O)c1c(Cl)cc2c(c1Cl)CCN(Cc1ccc(Cl)cc1)C2=O)C(=O)OCc1ccccc1. The molecule has 3 aromatic carbocycles. The van der Waals surface area contributed by atoms with Crippen molar-refractivity contribution >= 4 is 58.6 Å². The number of nitrogens with two attached hydrogens (primary N) is 1. The molecule has 0 spiro atoms. The maximum Gasteiger partial charge on any atom is 0.330 e. The number of nitrogens with one attached hydrogen (secondary N) is 2. The summed E-state index contributed by atoms with van der Waals surface area (Å²) in [6.45, 7) is 0.366. The fraction of sp³-hybridized carbons (Fsp3) is 0.214. The number of carbonyl (C=O) groups excluding carboxylic acids is 4. The van der Waals surface area contributed by atoms with E-state index in [1.54, 1.807) is 41.3 Å². The van der Waals surface area contributed by atoms with Crippen LogP contribution in [0.1, 0.15) is 37.4 Å². The molecule has 1 aliphatic rings. The van der Waals surface area contributed by atoms with Crippen molar-refractivity contribution < 1.29 is 23.9 Å². The number of primary amides is 1. The number of benzene rings is 3. The van der Waals surface area contributed by atoms with Crippen LogP contribution >= 0.6 is 34.8 Å². The number of carbonyl (C=O) groups is 4. The number of urea groups is 1. The molecule has 3 aromatic rings. The summed E-state index contributed by atoms with van der Waals surface area (Å²) in [6.07, 6.45) is 0.386. The molecule has 0 aromatic heterocycles. The summed E-state index contributed by atoms with van der Waals surface area (Å²) in [7, 11) is 0. The summed E-state index contributed by atoms with van der Waals surface area (Å²) in [5, 5.41) is 5.35. The Morgan fingerprint density at radius 1 is 1.00 bits per heavy atom. The number of fused-ring (bicyclic) bond motifs is 1. The van der Waals surface area contributed by atoms with Gasteiger partial charge in [-0.05, 0) is 41.3 Å². The van der Waals surface area contributed by atoms with Crippen molar-refractivity contribution in [3.05, 3.63) is 104 Å². The molecule has 40 heavy (non-hydrogen) atoms. The van der Waals surface area contributed by atoms with E-state index in [9.17, 15) is 19.2 Å². The third kappa shape index (κ3) is 7.04. The molecule has 0 aliphatic carbocycles. The Morgan fingerprint density at radius 2 is 1.70 bits per heavy atom. The third-order valence-electron chi connectivity index (χ3n) is 6.28. The van der Waals surface area contributed by atoms with Gasteiger partial charge in [0.1, 0.15) is 12.6 Å². The topological polar surface area (TPSA) is 131 Å². The summed E-state index contributed by atoms with van der Waals surface area (Å²) in [5.74, 6) is -1.86. The molecule has 12 heteroatoms. The maximum absolute atomic E-state index is 13.3. The molecule has 9 nitrogen and oxygen atoms in total. The fourth-order valence-electron chi connectivity index (χ4n) is 4.24. The second-order valence-corrected chi connectivity index (χ2v) is 10.3. The minimum atomic E-state index is -1.29. The highest BCUT2D eigenvalue weighted by Gasteiger charge is 2.32. The van der Waals surface area contributed by atoms with Crippen LogP contribution in [0.25, 0.3) is 0 Å². The number of ether oxygens (including phenoxy) is 1. The van der Waals surface area contributed by atoms with Crippen molar-refractivity contribution in [1.82, 2.24) is 15.5 Å². The van der Waals surface area contributed by atoms with Crippen molar-refractivity contribution in [3.8, 4) is 0 Å². The minimum absolute atomic E-state index is 0.0127. The lowest BCUT2D eigenvalue weighted by atomic mass is 9.95. The molecule has 0 bridgehead atoms. The molecule has 1 atom stereocenters. The van der Waals surface area contributed by atoms with E-state index in [1.807, 2.05) is 18.2 Å². The molecule has 4 amide bonds. The Balaban J connectivity index is 1.51. The summed E-state index contributed by atoms with van der Waals surface area (Å²) in [6, 6.07) is 15.4. The Kier molecular flexibility index (Phi) is 9.52. The highest BCUT2D eigenvalue weighted by molar-refractivity contribution is 6.41. The quantitative estimate of drug-likeness (QED) is 0.313. The largest absolute Gasteiger partial charge is 0.459 e. The van der Waals surface area contributed by atoms with Gasteiger partial charge in [0.2, 0.25) is 0 Å². The number of halogens is 3. The summed E-state index contributed by atoms with van der Waals surface area (Å²) in [5.41, 5.74) is 7.47. The number of nitrogens with zero attached hydrogens (tertiary/aromatic N) is 1. The van der Waals surface area contributed by atoms with Crippen LogP contribution in [0.2, 0.25) is 15.1 Å². The predicted molar refractivity (Wildman–Crippen MR) is 151 cm³/mol. The maximum atomic E-state index is 13.3. The normalized spacial score (nSPS) is 13.3. The predicted octanol–water partition coefficient (Wildman–Crippen LogP) is 4.36. The Hall–Kier alpha value is -3.79. The Bertz CT molecular complexity index is 1430. The van der Waals surface area contributed by atoms with Gasteiger partial charge in [-0.25, -0.2) is 9.59 Å². The second-order valence-electron chi connectivity index (χ2n) is 9.04. The first kappa shape index (κ1) is 29.2. The van der Waals surface area contributed by atoms with E-state index in [0.717, 1.165) is 11.1 Å². The van der Waals surface area contributed by atoms with E-state index in [4.69, 9.17) is 45.3 Å². The van der Waals surface area contributed by atoms with Crippen molar-refractivity contribution in [2.24, 2.45) is 5.73 Å². The van der Waals surface area contributed by atoms with Gasteiger partial charge in [-0.1, -0.05) is 77.3 Å². The van der Waals surface area contributed by atoms with Crippen LogP contribution in [0.5, 0.6) is 0 Å². The first-order chi connectivity index (χ1) is 19.1. The molecular formula is C28H25Cl3N4O5. The zero-order valence-electron chi connectivity index (χ0n) is 21.1. The van der Waals surface area contributed by atoms with Gasteiger partial charge in [0.25, 0.3) is 11.8 Å². The highest BCUT2D eigenvalue weighted by atomic mass is 35.5. The average Bonchev–Trinajstić information content (AvgIpc) is 2.93. The van der Waals surface area contributed by atoms with E-state index in [-0.39, 0.29) is 34.7 Å². The van der Waals surface area contributed by atoms with Crippen molar-refractivity contribution in [2.75, 3.05) is 13.1 Å². The molecule has 0 radical (unpaired) electrons. The van der Waals surface area contributed by atoms with Gasteiger partial charge in [-0.15, -0.1) is 0 Å². The first-order valence-electron chi connectivity index (χ1n) is 12.2. The Labute approximate surface area is 245 Å². The summed E-state index contributed by atoms with van der Waals surface area (Å²) >= 11 is 19.0. The average molecular weight is 604 g/mol. The van der Waals surface area contributed by atoms with Crippen LogP contribution in [-0.2, 0) is 29.1 Å². The first-order valence-corrected chi connectivity index (χ1v) is 13.4. The van der Waals surface area contributed by atoms with Gasteiger partial charge in [0.05, 0.1) is 22.2 Å². The molecule has 4 N–H and O–H groups in total. The highest BCUT2D eigenvalue weighted by Crippen LogP contribution is 2.35. The zero-order chi connectivity index (χ0) is 28.8. The van der Waals surface area contributed by atoms with Crippen LogP contribution in [0.15, 0.2) is 60.7 Å². The standard InChI is InChI=1S/C28H25Cl3N4O5/c29-18-8-6-16(7-9-18)14-35-11-10-19-20(26(35)37)12-21(30)23(24(19)31)25(36)34-22(13-33-28(32)39)27(38)40-15-17-4-2-1-3-5-17/h1-9,12,22H,10-11,13-15H2,(H,34,36)(H3,32,33,39)/t22-/m0/s1. The number of esters is 1. The molecule has 0 unspecified atom stereocenters. The summed E-state index contributed by atoms with van der Waals surface area (Å²) in [4.78, 5) is 52.3. The molecule has 0 fully saturated rings. The van der Waals surface area contributed by atoms with E-state index < -0.39 is 23.9 Å². The number of hydrogen-bond donors (Lipinski definition) is 3. The molecule has 1 heterocycles. The van der Waals surface area contributed by atoms with Gasteiger partial charge >= 0.3 is 12.0 Å².